The highest BCUT2D eigenvalue weighted by Crippen LogP contribution is 2.16. The fourth-order valence-electron chi connectivity index (χ4n) is 2.54. The molecule has 0 aliphatic heterocycles. The zero-order chi connectivity index (χ0) is 15.7. The first-order valence-electron chi connectivity index (χ1n) is 7.17. The summed E-state index contributed by atoms with van der Waals surface area (Å²) >= 11 is 0. The van der Waals surface area contributed by atoms with E-state index in [9.17, 15) is 4.79 Å². The van der Waals surface area contributed by atoms with Gasteiger partial charge in [0.15, 0.2) is 5.65 Å². The lowest BCUT2D eigenvalue weighted by molar-refractivity contribution is 0.0950. The van der Waals surface area contributed by atoms with Gasteiger partial charge in [-0.2, -0.15) is 5.10 Å². The molecule has 0 unspecified atom stereocenters. The minimum Gasteiger partial charge on any atom is -0.348 e. The molecule has 0 aliphatic rings. The van der Waals surface area contributed by atoms with Gasteiger partial charge in [0.25, 0.3) is 5.91 Å². The summed E-state index contributed by atoms with van der Waals surface area (Å²) in [5.74, 6) is -0.126. The SMILES string of the molecule is Cc1cccc(CNC(=O)c2cnc3c(c2)c(C)nn3C)c1. The highest BCUT2D eigenvalue weighted by molar-refractivity contribution is 5.97. The highest BCUT2D eigenvalue weighted by Gasteiger charge is 2.11. The molecule has 22 heavy (non-hydrogen) atoms. The molecule has 0 fully saturated rings. The average molecular weight is 294 g/mol. The van der Waals surface area contributed by atoms with Crippen molar-refractivity contribution in [3.8, 4) is 0 Å². The number of hydrogen-bond donors (Lipinski definition) is 1. The largest absolute Gasteiger partial charge is 0.348 e. The molecule has 0 saturated heterocycles. The Morgan fingerprint density at radius 2 is 2.09 bits per heavy atom. The number of carbonyl (C=O) groups excluding carboxylic acids is 1. The molecule has 2 aromatic heterocycles. The molecule has 3 aromatic rings. The van der Waals surface area contributed by atoms with E-state index in [2.05, 4.69) is 21.5 Å². The minimum absolute atomic E-state index is 0.126. The minimum atomic E-state index is -0.126. The number of nitrogens with one attached hydrogen (secondary N) is 1. The van der Waals surface area contributed by atoms with Crippen LogP contribution >= 0.6 is 0 Å². The Kier molecular flexibility index (Phi) is 3.63. The molecular formula is C17H18N4O. The zero-order valence-electron chi connectivity index (χ0n) is 12.9. The smallest absolute Gasteiger partial charge is 0.253 e. The van der Waals surface area contributed by atoms with Crippen LogP contribution in [0.5, 0.6) is 0 Å². The fourth-order valence-corrected chi connectivity index (χ4v) is 2.54. The van der Waals surface area contributed by atoms with E-state index in [0.717, 1.165) is 22.3 Å². The van der Waals surface area contributed by atoms with Crippen LogP contribution in [0.4, 0.5) is 0 Å². The predicted octanol–water partition coefficient (Wildman–Crippen LogP) is 2.52. The number of amides is 1. The van der Waals surface area contributed by atoms with Crippen LogP contribution in [0, 0.1) is 13.8 Å². The fraction of sp³-hybridized carbons (Fsp3) is 0.235. The number of hydrogen-bond acceptors (Lipinski definition) is 3. The van der Waals surface area contributed by atoms with E-state index < -0.39 is 0 Å². The first kappa shape index (κ1) is 14.3. The van der Waals surface area contributed by atoms with Gasteiger partial charge in [-0.15, -0.1) is 0 Å². The molecule has 3 rings (SSSR count). The van der Waals surface area contributed by atoms with Crippen LogP contribution in [0.25, 0.3) is 11.0 Å². The van der Waals surface area contributed by atoms with Gasteiger partial charge in [-0.25, -0.2) is 4.98 Å². The van der Waals surface area contributed by atoms with Crippen molar-refractivity contribution in [2.45, 2.75) is 20.4 Å². The second kappa shape index (κ2) is 5.60. The van der Waals surface area contributed by atoms with E-state index in [1.54, 1.807) is 10.9 Å². The average Bonchev–Trinajstić information content (AvgIpc) is 2.79. The molecule has 0 bridgehead atoms. The third-order valence-electron chi connectivity index (χ3n) is 3.66. The number of rotatable bonds is 3. The first-order valence-corrected chi connectivity index (χ1v) is 7.17. The Hall–Kier alpha value is -2.69. The summed E-state index contributed by atoms with van der Waals surface area (Å²) in [7, 11) is 1.85. The monoisotopic (exact) mass is 294 g/mol. The quantitative estimate of drug-likeness (QED) is 0.807. The summed E-state index contributed by atoms with van der Waals surface area (Å²) in [5.41, 5.74) is 4.48. The standard InChI is InChI=1S/C17H18N4O/c1-11-5-4-6-13(7-11)9-19-17(22)14-8-15-12(2)20-21(3)16(15)18-10-14/h4-8,10H,9H2,1-3H3,(H,19,22). The number of aryl methyl sites for hydroxylation is 3. The van der Waals surface area contributed by atoms with E-state index in [-0.39, 0.29) is 5.91 Å². The second-order valence-corrected chi connectivity index (χ2v) is 5.48. The van der Waals surface area contributed by atoms with Crippen LogP contribution in [0.15, 0.2) is 36.5 Å². The van der Waals surface area contributed by atoms with E-state index in [4.69, 9.17) is 0 Å². The van der Waals surface area contributed by atoms with Gasteiger partial charge in [0.2, 0.25) is 0 Å². The molecule has 1 N–H and O–H groups in total. The van der Waals surface area contributed by atoms with Crippen molar-refractivity contribution in [3.05, 3.63) is 58.9 Å². The molecule has 2 heterocycles. The lowest BCUT2D eigenvalue weighted by Crippen LogP contribution is -2.23. The topological polar surface area (TPSA) is 59.8 Å². The highest BCUT2D eigenvalue weighted by atomic mass is 16.1. The Labute approximate surface area is 129 Å². The summed E-state index contributed by atoms with van der Waals surface area (Å²) in [6, 6.07) is 9.93. The lowest BCUT2D eigenvalue weighted by Gasteiger charge is -2.06. The van der Waals surface area contributed by atoms with E-state index in [0.29, 0.717) is 12.1 Å². The third-order valence-corrected chi connectivity index (χ3v) is 3.66. The summed E-state index contributed by atoms with van der Waals surface area (Å²) in [5, 5.41) is 8.15. The summed E-state index contributed by atoms with van der Waals surface area (Å²) in [4.78, 5) is 16.6. The maximum absolute atomic E-state index is 12.3. The van der Waals surface area contributed by atoms with Gasteiger partial charge in [0.1, 0.15) is 0 Å². The summed E-state index contributed by atoms with van der Waals surface area (Å²) in [6.07, 6.45) is 1.59. The Balaban J connectivity index is 1.79. The molecule has 0 atom stereocenters. The number of carbonyl (C=O) groups is 1. The van der Waals surface area contributed by atoms with Gasteiger partial charge in [-0.1, -0.05) is 29.8 Å². The van der Waals surface area contributed by atoms with Crippen LogP contribution in [-0.4, -0.2) is 20.7 Å². The molecule has 1 amide bonds. The molecular weight excluding hydrogens is 276 g/mol. The maximum Gasteiger partial charge on any atom is 0.253 e. The Morgan fingerprint density at radius 1 is 1.27 bits per heavy atom. The van der Waals surface area contributed by atoms with Crippen molar-refractivity contribution >= 4 is 16.9 Å². The van der Waals surface area contributed by atoms with Crippen LogP contribution < -0.4 is 5.32 Å². The molecule has 0 spiro atoms. The van der Waals surface area contributed by atoms with Crippen LogP contribution in [0.3, 0.4) is 0 Å². The van der Waals surface area contributed by atoms with Crippen LogP contribution in [-0.2, 0) is 13.6 Å². The first-order chi connectivity index (χ1) is 10.5. The lowest BCUT2D eigenvalue weighted by atomic mass is 10.1. The Bertz CT molecular complexity index is 851. The molecule has 5 heteroatoms. The predicted molar refractivity (Wildman–Crippen MR) is 85.6 cm³/mol. The van der Waals surface area contributed by atoms with Gasteiger partial charge >= 0.3 is 0 Å². The van der Waals surface area contributed by atoms with Gasteiger partial charge in [-0.05, 0) is 25.5 Å². The van der Waals surface area contributed by atoms with Crippen molar-refractivity contribution in [1.82, 2.24) is 20.1 Å². The van der Waals surface area contributed by atoms with Crippen LogP contribution in [0.2, 0.25) is 0 Å². The van der Waals surface area contributed by atoms with Crippen LogP contribution in [0.1, 0.15) is 27.2 Å². The zero-order valence-corrected chi connectivity index (χ0v) is 12.9. The maximum atomic E-state index is 12.3. The van der Waals surface area contributed by atoms with Gasteiger partial charge in [-0.3, -0.25) is 9.48 Å². The van der Waals surface area contributed by atoms with Crippen molar-refractivity contribution in [2.24, 2.45) is 7.05 Å². The van der Waals surface area contributed by atoms with Crippen molar-refractivity contribution < 1.29 is 4.79 Å². The third kappa shape index (κ3) is 2.70. The molecule has 0 radical (unpaired) electrons. The molecule has 0 aliphatic carbocycles. The van der Waals surface area contributed by atoms with Crippen molar-refractivity contribution in [3.63, 3.8) is 0 Å². The second-order valence-electron chi connectivity index (χ2n) is 5.48. The number of pyridine rings is 1. The number of fused-ring (bicyclic) bond motifs is 1. The van der Waals surface area contributed by atoms with E-state index in [1.165, 1.54) is 5.56 Å². The van der Waals surface area contributed by atoms with Crippen molar-refractivity contribution in [1.29, 1.82) is 0 Å². The Morgan fingerprint density at radius 3 is 2.86 bits per heavy atom. The number of nitrogens with zero attached hydrogens (tertiary/aromatic N) is 3. The van der Waals surface area contributed by atoms with Crippen molar-refractivity contribution in [2.75, 3.05) is 0 Å². The molecule has 112 valence electrons. The molecule has 5 nitrogen and oxygen atoms in total. The van der Waals surface area contributed by atoms with E-state index >= 15 is 0 Å². The van der Waals surface area contributed by atoms with E-state index in [1.807, 2.05) is 45.2 Å². The summed E-state index contributed by atoms with van der Waals surface area (Å²) < 4.78 is 1.72. The van der Waals surface area contributed by atoms with Gasteiger partial charge in [0.05, 0.1) is 11.3 Å². The number of aromatic nitrogens is 3. The summed E-state index contributed by atoms with van der Waals surface area (Å²) in [6.45, 7) is 4.46. The molecule has 1 aromatic carbocycles. The van der Waals surface area contributed by atoms with Gasteiger partial charge < -0.3 is 5.32 Å². The normalized spacial score (nSPS) is 10.9. The molecule has 0 saturated carbocycles. The van der Waals surface area contributed by atoms with Gasteiger partial charge in [0, 0.05) is 25.2 Å². The number of benzene rings is 1.